The minimum Gasteiger partial charge on any atom is -1.00 e. The van der Waals surface area contributed by atoms with Gasteiger partial charge in [-0.3, -0.25) is 4.79 Å². The van der Waals surface area contributed by atoms with Crippen LogP contribution in [-0.4, -0.2) is 12.1 Å². The molecule has 0 amide bonds. The van der Waals surface area contributed by atoms with Gasteiger partial charge in [-0.2, -0.15) is 0 Å². The molecule has 2 aromatic carbocycles. The van der Waals surface area contributed by atoms with Crippen LogP contribution in [0.15, 0.2) is 42.5 Å². The molecule has 2 rings (SSSR count). The van der Waals surface area contributed by atoms with E-state index < -0.39 is 0 Å². The molecule has 0 saturated carbocycles. The van der Waals surface area contributed by atoms with Crippen LogP contribution in [0.2, 0.25) is 5.02 Å². The monoisotopic (exact) mass is 342 g/mol. The Balaban J connectivity index is 0.00000264. The predicted octanol–water partition coefficient (Wildman–Crippen LogP) is 2.09. The molecule has 5 heteroatoms. The molecule has 1 atom stereocenters. The van der Waals surface area contributed by atoms with Gasteiger partial charge >= 0.3 is 18.9 Å². The van der Waals surface area contributed by atoms with Gasteiger partial charge in [-0.25, -0.2) is 0 Å². The molecular weight excluding hydrogens is 322 g/mol. The van der Waals surface area contributed by atoms with Crippen LogP contribution in [0.3, 0.4) is 0 Å². The van der Waals surface area contributed by atoms with Crippen molar-refractivity contribution in [3.05, 3.63) is 58.6 Å². The largest absolute Gasteiger partial charge is 1.00 e. The van der Waals surface area contributed by atoms with Crippen LogP contribution in [0, 0.1) is 6.92 Å². The summed E-state index contributed by atoms with van der Waals surface area (Å²) in [5.41, 5.74) is 1.87. The summed E-state index contributed by atoms with van der Waals surface area (Å²) < 4.78 is 5.62. The smallest absolute Gasteiger partial charge is 1.00 e. The SMILES string of the molecule is CCCCOc1ccc(PC(=O)c2ccccc2C)c(Cl)c1.[H-].[Li+]. The van der Waals surface area contributed by atoms with E-state index in [1.54, 1.807) is 6.07 Å². The molecule has 0 N–H and O–H groups in total. The maximum Gasteiger partial charge on any atom is 1.00 e. The number of unbranched alkanes of at least 4 members (excludes halogenated alkanes) is 1. The van der Waals surface area contributed by atoms with Crippen molar-refractivity contribution in [2.45, 2.75) is 26.7 Å². The fourth-order valence-corrected chi connectivity index (χ4v) is 3.37. The van der Waals surface area contributed by atoms with E-state index in [9.17, 15) is 4.79 Å². The average molecular weight is 343 g/mol. The summed E-state index contributed by atoms with van der Waals surface area (Å²) in [4.78, 5) is 12.4. The summed E-state index contributed by atoms with van der Waals surface area (Å²) in [7, 11) is 0.0233. The van der Waals surface area contributed by atoms with E-state index in [2.05, 4.69) is 6.92 Å². The van der Waals surface area contributed by atoms with Crippen molar-refractivity contribution in [3.63, 3.8) is 0 Å². The molecule has 0 aliphatic rings. The van der Waals surface area contributed by atoms with Crippen molar-refractivity contribution in [2.75, 3.05) is 6.61 Å². The van der Waals surface area contributed by atoms with Gasteiger partial charge in [-0.05, 0) is 51.0 Å². The number of halogens is 1. The van der Waals surface area contributed by atoms with E-state index in [-0.39, 0.29) is 34.4 Å². The number of carbonyl (C=O) groups excluding carboxylic acids is 1. The molecule has 0 heterocycles. The van der Waals surface area contributed by atoms with Gasteiger partial charge in [-0.15, -0.1) is 0 Å². The second-order valence-corrected chi connectivity index (χ2v) is 6.76. The van der Waals surface area contributed by atoms with E-state index >= 15 is 0 Å². The Kier molecular flexibility index (Phi) is 8.96. The third kappa shape index (κ3) is 5.98. The van der Waals surface area contributed by atoms with E-state index in [0.717, 1.165) is 35.0 Å². The molecular formula is C18H21ClLiO2P. The maximum absolute atomic E-state index is 12.4. The Bertz CT molecular complexity index is 667. The maximum atomic E-state index is 12.4. The molecule has 0 aliphatic carbocycles. The predicted molar refractivity (Wildman–Crippen MR) is 96.4 cm³/mol. The summed E-state index contributed by atoms with van der Waals surface area (Å²) in [6, 6.07) is 13.2. The summed E-state index contributed by atoms with van der Waals surface area (Å²) >= 11 is 6.29. The molecule has 118 valence electrons. The first-order valence-electron chi connectivity index (χ1n) is 7.41. The Morgan fingerprint density at radius 2 is 2.00 bits per heavy atom. The number of rotatable bonds is 7. The van der Waals surface area contributed by atoms with E-state index in [1.807, 2.05) is 43.3 Å². The molecule has 0 fully saturated rings. The number of ether oxygens (including phenoxy) is 1. The van der Waals surface area contributed by atoms with Gasteiger partial charge in [0.1, 0.15) is 5.75 Å². The number of aryl methyl sites for hydroxylation is 1. The third-order valence-corrected chi connectivity index (χ3v) is 5.02. The first kappa shape index (κ1) is 20.3. The fraction of sp³-hybridized carbons (Fsp3) is 0.278. The molecule has 0 radical (unpaired) electrons. The van der Waals surface area contributed by atoms with Gasteiger partial charge in [0.15, 0.2) is 5.52 Å². The van der Waals surface area contributed by atoms with Crippen molar-refractivity contribution in [3.8, 4) is 5.75 Å². The summed E-state index contributed by atoms with van der Waals surface area (Å²) in [6.07, 6.45) is 2.12. The number of carbonyl (C=O) groups is 1. The topological polar surface area (TPSA) is 26.3 Å². The van der Waals surface area contributed by atoms with Gasteiger partial charge in [-0.1, -0.05) is 49.2 Å². The van der Waals surface area contributed by atoms with E-state index in [1.165, 1.54) is 0 Å². The van der Waals surface area contributed by atoms with Crippen LogP contribution in [-0.2, 0) is 0 Å². The molecule has 1 unspecified atom stereocenters. The second-order valence-electron chi connectivity index (χ2n) is 5.11. The van der Waals surface area contributed by atoms with Crippen molar-refractivity contribution in [2.24, 2.45) is 0 Å². The van der Waals surface area contributed by atoms with Crippen molar-refractivity contribution in [1.29, 1.82) is 0 Å². The van der Waals surface area contributed by atoms with Gasteiger partial charge in [0.05, 0.1) is 11.6 Å². The van der Waals surface area contributed by atoms with Crippen LogP contribution in [0.1, 0.15) is 37.1 Å². The quantitative estimate of drug-likeness (QED) is 0.437. The average Bonchev–Trinajstić information content (AvgIpc) is 2.50. The molecule has 0 spiro atoms. The minimum absolute atomic E-state index is 0. The van der Waals surface area contributed by atoms with Crippen LogP contribution in [0.5, 0.6) is 5.75 Å². The first-order chi connectivity index (χ1) is 10.6. The Morgan fingerprint density at radius 3 is 2.65 bits per heavy atom. The van der Waals surface area contributed by atoms with Crippen LogP contribution < -0.4 is 28.9 Å². The standard InChI is InChI=1S/C18H20ClO2P.Li.H/c1-3-4-11-21-14-9-10-17(16(19)12-14)22-18(20)15-8-6-5-7-13(15)2;;/h5-10,12,22H,3-4,11H2,1-2H3;;/q;+1;-1. The van der Waals surface area contributed by atoms with E-state index in [4.69, 9.17) is 16.3 Å². The van der Waals surface area contributed by atoms with Crippen molar-refractivity contribution >= 4 is 31.0 Å². The normalized spacial score (nSPS) is 10.6. The van der Waals surface area contributed by atoms with Crippen molar-refractivity contribution < 1.29 is 29.8 Å². The summed E-state index contributed by atoms with van der Waals surface area (Å²) in [6.45, 7) is 4.76. The zero-order chi connectivity index (χ0) is 15.9. The molecule has 0 aromatic heterocycles. The zero-order valence-electron chi connectivity index (χ0n) is 14.9. The summed E-state index contributed by atoms with van der Waals surface area (Å²) in [5.74, 6) is 0.760. The second kappa shape index (κ2) is 10.2. The van der Waals surface area contributed by atoms with Crippen LogP contribution in [0.4, 0.5) is 0 Å². The fourth-order valence-electron chi connectivity index (χ4n) is 2.04. The third-order valence-electron chi connectivity index (χ3n) is 3.35. The number of hydrogen-bond acceptors (Lipinski definition) is 2. The van der Waals surface area contributed by atoms with Gasteiger partial charge < -0.3 is 6.16 Å². The zero-order valence-corrected chi connectivity index (χ0v) is 15.6. The first-order valence-corrected chi connectivity index (χ1v) is 8.79. The van der Waals surface area contributed by atoms with Gasteiger partial charge in [0.2, 0.25) is 0 Å². The Hall–Kier alpha value is -0.773. The molecule has 2 nitrogen and oxygen atoms in total. The van der Waals surface area contributed by atoms with Crippen LogP contribution >= 0.6 is 20.2 Å². The molecule has 0 bridgehead atoms. The number of hydrogen-bond donors (Lipinski definition) is 0. The van der Waals surface area contributed by atoms with Crippen molar-refractivity contribution in [1.82, 2.24) is 0 Å². The molecule has 0 aliphatic heterocycles. The molecule has 0 saturated heterocycles. The van der Waals surface area contributed by atoms with Crippen LogP contribution in [0.25, 0.3) is 0 Å². The molecule has 23 heavy (non-hydrogen) atoms. The van der Waals surface area contributed by atoms with Gasteiger partial charge in [0.25, 0.3) is 0 Å². The Labute approximate surface area is 158 Å². The number of benzene rings is 2. The minimum atomic E-state index is 0. The molecule has 2 aromatic rings. The Morgan fingerprint density at radius 1 is 1.26 bits per heavy atom. The summed E-state index contributed by atoms with van der Waals surface area (Å²) in [5, 5.41) is 1.45. The van der Waals surface area contributed by atoms with Gasteiger partial charge in [0, 0.05) is 5.56 Å². The van der Waals surface area contributed by atoms with E-state index in [0.29, 0.717) is 11.6 Å².